The minimum Gasteiger partial charge on any atom is -0.495 e. The normalized spacial score (nSPS) is 13.0. The highest BCUT2D eigenvalue weighted by molar-refractivity contribution is 7.89. The second kappa shape index (κ2) is 7.57. The Morgan fingerprint density at radius 3 is 2.55 bits per heavy atom. The van der Waals surface area contributed by atoms with Gasteiger partial charge in [0, 0.05) is 32.2 Å². The van der Waals surface area contributed by atoms with Crippen molar-refractivity contribution in [2.24, 2.45) is 5.73 Å². The molecule has 22 heavy (non-hydrogen) atoms. The maximum absolute atomic E-state index is 12.3. The molecule has 0 radical (unpaired) electrons. The predicted octanol–water partition coefficient (Wildman–Crippen LogP) is 0.413. The summed E-state index contributed by atoms with van der Waals surface area (Å²) in [5.41, 5.74) is 5.87. The third kappa shape index (κ3) is 4.43. The van der Waals surface area contributed by atoms with E-state index in [4.69, 9.17) is 10.5 Å². The van der Waals surface area contributed by atoms with Crippen molar-refractivity contribution in [1.29, 1.82) is 0 Å². The molecule has 1 aromatic rings. The van der Waals surface area contributed by atoms with E-state index in [2.05, 4.69) is 5.32 Å². The topological polar surface area (TPSA) is 102 Å². The number of benzene rings is 1. The van der Waals surface area contributed by atoms with E-state index >= 15 is 0 Å². The highest BCUT2D eigenvalue weighted by atomic mass is 32.2. The highest BCUT2D eigenvalue weighted by Gasteiger charge is 2.23. The summed E-state index contributed by atoms with van der Waals surface area (Å²) in [7, 11) is 0.522. The first-order chi connectivity index (χ1) is 10.2. The molecule has 0 aliphatic heterocycles. The molecule has 8 heteroatoms. The molecule has 124 valence electrons. The number of carbonyl (C=O) groups excluding carboxylic acids is 1. The Labute approximate surface area is 131 Å². The fourth-order valence-electron chi connectivity index (χ4n) is 1.73. The fraction of sp³-hybridized carbons (Fsp3) is 0.500. The van der Waals surface area contributed by atoms with E-state index in [9.17, 15) is 13.2 Å². The van der Waals surface area contributed by atoms with Crippen LogP contribution in [-0.4, -0.2) is 52.4 Å². The first-order valence-corrected chi connectivity index (χ1v) is 8.28. The van der Waals surface area contributed by atoms with Crippen LogP contribution in [0.2, 0.25) is 0 Å². The molecule has 1 amide bonds. The zero-order valence-electron chi connectivity index (χ0n) is 13.3. The second-order valence-corrected chi connectivity index (χ2v) is 7.30. The van der Waals surface area contributed by atoms with Gasteiger partial charge in [-0.05, 0) is 31.5 Å². The van der Waals surface area contributed by atoms with Gasteiger partial charge in [0.05, 0.1) is 7.11 Å². The van der Waals surface area contributed by atoms with Crippen molar-refractivity contribution < 1.29 is 17.9 Å². The summed E-state index contributed by atoms with van der Waals surface area (Å²) in [6, 6.07) is 4.29. The van der Waals surface area contributed by atoms with E-state index in [-0.39, 0.29) is 28.2 Å². The molecular formula is C14H23N3O4S. The number of amides is 1. The van der Waals surface area contributed by atoms with Gasteiger partial charge in [0.15, 0.2) is 0 Å². The lowest BCUT2D eigenvalue weighted by Crippen LogP contribution is -2.29. The third-order valence-electron chi connectivity index (χ3n) is 3.07. The number of nitrogens with one attached hydrogen (secondary N) is 1. The number of carbonyl (C=O) groups is 1. The van der Waals surface area contributed by atoms with E-state index in [0.717, 1.165) is 4.31 Å². The number of rotatable bonds is 7. The molecule has 1 atom stereocenters. The van der Waals surface area contributed by atoms with Crippen LogP contribution in [0.1, 0.15) is 23.7 Å². The molecule has 1 unspecified atom stereocenters. The molecule has 0 saturated carbocycles. The number of sulfonamides is 1. The zero-order valence-corrected chi connectivity index (χ0v) is 14.1. The molecule has 0 bridgehead atoms. The summed E-state index contributed by atoms with van der Waals surface area (Å²) in [6.45, 7) is 2.28. The van der Waals surface area contributed by atoms with Crippen molar-refractivity contribution in [2.75, 3.05) is 27.7 Å². The van der Waals surface area contributed by atoms with Crippen molar-refractivity contribution in [1.82, 2.24) is 9.62 Å². The Kier molecular flexibility index (Phi) is 6.34. The summed E-state index contributed by atoms with van der Waals surface area (Å²) < 4.78 is 30.7. The lowest BCUT2D eigenvalue weighted by atomic mass is 10.2. The molecule has 1 aromatic carbocycles. The molecule has 0 aliphatic carbocycles. The van der Waals surface area contributed by atoms with Crippen molar-refractivity contribution >= 4 is 15.9 Å². The summed E-state index contributed by atoms with van der Waals surface area (Å²) in [6.07, 6.45) is 0.644. The molecular weight excluding hydrogens is 306 g/mol. The van der Waals surface area contributed by atoms with Gasteiger partial charge >= 0.3 is 0 Å². The van der Waals surface area contributed by atoms with E-state index < -0.39 is 10.0 Å². The first kappa shape index (κ1) is 18.4. The van der Waals surface area contributed by atoms with Gasteiger partial charge in [-0.1, -0.05) is 0 Å². The van der Waals surface area contributed by atoms with Crippen LogP contribution in [0.5, 0.6) is 5.75 Å². The largest absolute Gasteiger partial charge is 0.495 e. The van der Waals surface area contributed by atoms with Crippen LogP contribution in [0, 0.1) is 0 Å². The van der Waals surface area contributed by atoms with Gasteiger partial charge in [-0.15, -0.1) is 0 Å². The quantitative estimate of drug-likeness (QED) is 0.754. The average molecular weight is 329 g/mol. The van der Waals surface area contributed by atoms with Gasteiger partial charge < -0.3 is 15.8 Å². The third-order valence-corrected chi connectivity index (χ3v) is 4.91. The molecule has 0 spiro atoms. The minimum atomic E-state index is -3.70. The number of hydrogen-bond donors (Lipinski definition) is 2. The zero-order chi connectivity index (χ0) is 16.9. The molecule has 0 fully saturated rings. The molecule has 3 N–H and O–H groups in total. The Morgan fingerprint density at radius 2 is 2.05 bits per heavy atom. The Hall–Kier alpha value is -1.64. The number of nitrogens with zero attached hydrogens (tertiary/aromatic N) is 1. The minimum absolute atomic E-state index is 0.0131. The van der Waals surface area contributed by atoms with Crippen LogP contribution in [0.3, 0.4) is 0 Å². The molecule has 0 aliphatic rings. The SMILES string of the molecule is COc1ccc(C(=O)NCCC(C)N)cc1S(=O)(=O)N(C)C. The van der Waals surface area contributed by atoms with Crippen LogP contribution in [0.25, 0.3) is 0 Å². The lowest BCUT2D eigenvalue weighted by Gasteiger charge is -2.15. The Balaban J connectivity index is 3.08. The predicted molar refractivity (Wildman–Crippen MR) is 84.5 cm³/mol. The Morgan fingerprint density at radius 1 is 1.41 bits per heavy atom. The second-order valence-electron chi connectivity index (χ2n) is 5.17. The standard InChI is InChI=1S/C14H23N3O4S/c1-10(15)7-8-16-14(18)11-5-6-12(21-4)13(9-11)22(19,20)17(2)3/h5-6,9-10H,7-8,15H2,1-4H3,(H,16,18). The number of hydrogen-bond acceptors (Lipinski definition) is 5. The Bertz CT molecular complexity index is 627. The first-order valence-electron chi connectivity index (χ1n) is 6.84. The summed E-state index contributed by atoms with van der Waals surface area (Å²) in [4.78, 5) is 12.0. The smallest absolute Gasteiger partial charge is 0.251 e. The maximum atomic E-state index is 12.3. The number of nitrogens with two attached hydrogens (primary N) is 1. The summed E-state index contributed by atoms with van der Waals surface area (Å²) in [5.74, 6) is -0.153. The van der Waals surface area contributed by atoms with E-state index in [1.807, 2.05) is 6.92 Å². The van der Waals surface area contributed by atoms with Crippen LogP contribution >= 0.6 is 0 Å². The van der Waals surface area contributed by atoms with Crippen molar-refractivity contribution in [3.05, 3.63) is 23.8 Å². The number of ether oxygens (including phenoxy) is 1. The van der Waals surface area contributed by atoms with Crippen molar-refractivity contribution in [2.45, 2.75) is 24.3 Å². The summed E-state index contributed by atoms with van der Waals surface area (Å²) in [5, 5.41) is 2.71. The molecule has 1 rings (SSSR count). The monoisotopic (exact) mass is 329 g/mol. The van der Waals surface area contributed by atoms with Gasteiger partial charge in [-0.3, -0.25) is 4.79 Å². The van der Waals surface area contributed by atoms with Crippen LogP contribution in [-0.2, 0) is 10.0 Å². The molecule has 0 aromatic heterocycles. The average Bonchev–Trinajstić information content (AvgIpc) is 2.45. The van der Waals surface area contributed by atoms with Crippen molar-refractivity contribution in [3.8, 4) is 5.75 Å². The van der Waals surface area contributed by atoms with Crippen LogP contribution in [0.15, 0.2) is 23.1 Å². The molecule has 7 nitrogen and oxygen atoms in total. The maximum Gasteiger partial charge on any atom is 0.251 e. The van der Waals surface area contributed by atoms with Gasteiger partial charge in [-0.2, -0.15) is 0 Å². The van der Waals surface area contributed by atoms with Gasteiger partial charge in [-0.25, -0.2) is 12.7 Å². The van der Waals surface area contributed by atoms with E-state index in [1.54, 1.807) is 0 Å². The van der Waals surface area contributed by atoms with Crippen molar-refractivity contribution in [3.63, 3.8) is 0 Å². The van der Waals surface area contributed by atoms with Crippen LogP contribution in [0.4, 0.5) is 0 Å². The summed E-state index contributed by atoms with van der Waals surface area (Å²) >= 11 is 0. The van der Waals surface area contributed by atoms with E-state index in [0.29, 0.717) is 13.0 Å². The lowest BCUT2D eigenvalue weighted by molar-refractivity contribution is 0.0952. The van der Waals surface area contributed by atoms with Crippen LogP contribution < -0.4 is 15.8 Å². The molecule has 0 saturated heterocycles. The molecule has 0 heterocycles. The van der Waals surface area contributed by atoms with Gasteiger partial charge in [0.25, 0.3) is 5.91 Å². The van der Waals surface area contributed by atoms with E-state index in [1.165, 1.54) is 39.4 Å². The highest BCUT2D eigenvalue weighted by Crippen LogP contribution is 2.26. The fourth-order valence-corrected chi connectivity index (χ4v) is 2.81. The van der Waals surface area contributed by atoms with Gasteiger partial charge in [0.2, 0.25) is 10.0 Å². The van der Waals surface area contributed by atoms with Gasteiger partial charge in [0.1, 0.15) is 10.6 Å². The number of methoxy groups -OCH3 is 1.